The first-order chi connectivity index (χ1) is 9.31. The fourth-order valence-electron chi connectivity index (χ4n) is 1.51. The summed E-state index contributed by atoms with van der Waals surface area (Å²) in [5.74, 6) is -3.38. The van der Waals surface area contributed by atoms with Crippen molar-refractivity contribution in [3.8, 4) is 0 Å². The van der Waals surface area contributed by atoms with Gasteiger partial charge in [0.05, 0.1) is 0 Å². The van der Waals surface area contributed by atoms with E-state index in [0.29, 0.717) is 5.69 Å². The third kappa shape index (κ3) is 4.23. The van der Waals surface area contributed by atoms with E-state index in [1.807, 2.05) is 0 Å². The van der Waals surface area contributed by atoms with Gasteiger partial charge in [0.2, 0.25) is 0 Å². The van der Waals surface area contributed by atoms with Gasteiger partial charge in [-0.15, -0.1) is 0 Å². The Morgan fingerprint density at radius 1 is 1.35 bits per heavy atom. The van der Waals surface area contributed by atoms with Gasteiger partial charge in [-0.3, -0.25) is 14.4 Å². The molecule has 108 valence electrons. The zero-order valence-corrected chi connectivity index (χ0v) is 10.7. The molecule has 0 aromatic carbocycles. The van der Waals surface area contributed by atoms with E-state index in [9.17, 15) is 19.2 Å². The number of carbonyl (C=O) groups excluding carboxylic acids is 1. The van der Waals surface area contributed by atoms with Crippen LogP contribution in [0.25, 0.3) is 0 Å². The predicted octanol–water partition coefficient (Wildman–Crippen LogP) is -0.269. The number of aromatic nitrogens is 1. The first-order valence-electron chi connectivity index (χ1n) is 5.76. The second kappa shape index (κ2) is 6.50. The molecule has 8 nitrogen and oxygen atoms in total. The number of pyridine rings is 1. The number of aliphatic carboxylic acids is 2. The molecule has 0 radical (unpaired) electrons. The maximum Gasteiger partial charge on any atom is 0.326 e. The van der Waals surface area contributed by atoms with Crippen LogP contribution in [0.4, 0.5) is 0 Å². The van der Waals surface area contributed by atoms with Gasteiger partial charge in [-0.2, -0.15) is 0 Å². The van der Waals surface area contributed by atoms with Crippen molar-refractivity contribution in [3.05, 3.63) is 33.7 Å². The maximum absolute atomic E-state index is 11.8. The summed E-state index contributed by atoms with van der Waals surface area (Å²) in [5.41, 5.74) is -0.203. The van der Waals surface area contributed by atoms with Crippen LogP contribution in [-0.4, -0.2) is 39.1 Å². The minimum Gasteiger partial charge on any atom is -0.481 e. The molecule has 1 unspecified atom stereocenters. The van der Waals surface area contributed by atoms with E-state index in [-0.39, 0.29) is 12.0 Å². The lowest BCUT2D eigenvalue weighted by atomic mass is 10.1. The lowest BCUT2D eigenvalue weighted by Gasteiger charge is -2.13. The molecule has 1 rings (SSSR count). The van der Waals surface area contributed by atoms with Gasteiger partial charge < -0.3 is 20.5 Å². The molecule has 4 N–H and O–H groups in total. The van der Waals surface area contributed by atoms with Gasteiger partial charge in [-0.1, -0.05) is 0 Å². The van der Waals surface area contributed by atoms with Crippen molar-refractivity contribution < 1.29 is 24.6 Å². The van der Waals surface area contributed by atoms with Crippen LogP contribution in [0.2, 0.25) is 0 Å². The standard InChI is InChI=1S/C12H14N2O6/c1-6-4-9(15)7(5-13-6)11(18)14-8(12(19)20)2-3-10(16)17/h4-5,8H,2-3H2,1H3,(H,13,15)(H,14,18)(H,16,17)(H,19,20). The Bertz CT molecular complexity index is 592. The number of carboxylic acids is 2. The minimum atomic E-state index is -1.36. The predicted molar refractivity (Wildman–Crippen MR) is 67.6 cm³/mol. The Balaban J connectivity index is 2.82. The highest BCUT2D eigenvalue weighted by Gasteiger charge is 2.22. The van der Waals surface area contributed by atoms with E-state index in [1.54, 1.807) is 6.92 Å². The van der Waals surface area contributed by atoms with E-state index >= 15 is 0 Å². The molecule has 1 aromatic rings. The maximum atomic E-state index is 11.8. The SMILES string of the molecule is Cc1cc(=O)c(C(=O)NC(CCC(=O)O)C(=O)O)c[nH]1. The lowest BCUT2D eigenvalue weighted by molar-refractivity contribution is -0.140. The van der Waals surface area contributed by atoms with Crippen LogP contribution < -0.4 is 10.7 Å². The number of rotatable bonds is 6. The van der Waals surface area contributed by atoms with Gasteiger partial charge in [-0.25, -0.2) is 4.79 Å². The normalized spacial score (nSPS) is 11.7. The van der Waals surface area contributed by atoms with E-state index in [1.165, 1.54) is 12.3 Å². The van der Waals surface area contributed by atoms with E-state index in [0.717, 1.165) is 0 Å². The van der Waals surface area contributed by atoms with Crippen LogP contribution in [0, 0.1) is 6.92 Å². The summed E-state index contributed by atoms with van der Waals surface area (Å²) in [4.78, 5) is 47.4. The van der Waals surface area contributed by atoms with Gasteiger partial charge in [0.15, 0.2) is 5.43 Å². The molecule has 0 aliphatic heterocycles. The molecule has 0 spiro atoms. The highest BCUT2D eigenvalue weighted by molar-refractivity contribution is 5.96. The van der Waals surface area contributed by atoms with Gasteiger partial charge >= 0.3 is 11.9 Å². The second-order valence-corrected chi connectivity index (χ2v) is 4.19. The summed E-state index contributed by atoms with van der Waals surface area (Å²) in [6.45, 7) is 1.63. The molecule has 0 fully saturated rings. The topological polar surface area (TPSA) is 137 Å². The average Bonchev–Trinajstić information content (AvgIpc) is 2.33. The fraction of sp³-hybridized carbons (Fsp3) is 0.333. The number of aromatic amines is 1. The van der Waals surface area contributed by atoms with E-state index in [2.05, 4.69) is 10.3 Å². The minimum absolute atomic E-state index is 0.225. The molecule has 0 saturated carbocycles. The Labute approximate surface area is 113 Å². The Morgan fingerprint density at radius 2 is 2.00 bits per heavy atom. The molecule has 1 aromatic heterocycles. The summed E-state index contributed by atoms with van der Waals surface area (Å²) in [6.07, 6.45) is 0.519. The Morgan fingerprint density at radius 3 is 2.50 bits per heavy atom. The second-order valence-electron chi connectivity index (χ2n) is 4.19. The molecule has 0 aliphatic carbocycles. The molecule has 1 amide bonds. The van der Waals surface area contributed by atoms with Crippen molar-refractivity contribution in [2.24, 2.45) is 0 Å². The van der Waals surface area contributed by atoms with Crippen molar-refractivity contribution in [1.82, 2.24) is 10.3 Å². The van der Waals surface area contributed by atoms with Crippen LogP contribution in [0.5, 0.6) is 0 Å². The lowest BCUT2D eigenvalue weighted by Crippen LogP contribution is -2.42. The molecule has 1 heterocycles. The molecule has 8 heteroatoms. The number of carboxylic acid groups (broad SMARTS) is 2. The fourth-order valence-corrected chi connectivity index (χ4v) is 1.51. The summed E-state index contributed by atoms with van der Waals surface area (Å²) < 4.78 is 0. The molecule has 20 heavy (non-hydrogen) atoms. The average molecular weight is 282 g/mol. The number of H-pyrrole nitrogens is 1. The summed E-state index contributed by atoms with van der Waals surface area (Å²) in [5, 5.41) is 19.5. The third-order valence-electron chi connectivity index (χ3n) is 2.55. The largest absolute Gasteiger partial charge is 0.481 e. The van der Waals surface area contributed by atoms with Crippen LogP contribution in [0.1, 0.15) is 28.9 Å². The number of carbonyl (C=O) groups is 3. The molecule has 0 bridgehead atoms. The number of hydrogen-bond acceptors (Lipinski definition) is 4. The smallest absolute Gasteiger partial charge is 0.326 e. The molecular weight excluding hydrogens is 268 g/mol. The van der Waals surface area contributed by atoms with Crippen molar-refractivity contribution in [2.45, 2.75) is 25.8 Å². The number of nitrogens with one attached hydrogen (secondary N) is 2. The molecule has 0 saturated heterocycles. The van der Waals surface area contributed by atoms with Gasteiger partial charge in [-0.05, 0) is 13.3 Å². The van der Waals surface area contributed by atoms with Crippen LogP contribution in [0.3, 0.4) is 0 Å². The Kier molecular flexibility index (Phi) is 5.01. The van der Waals surface area contributed by atoms with Crippen molar-refractivity contribution >= 4 is 17.8 Å². The van der Waals surface area contributed by atoms with Crippen molar-refractivity contribution in [2.75, 3.05) is 0 Å². The van der Waals surface area contributed by atoms with E-state index < -0.39 is 35.7 Å². The van der Waals surface area contributed by atoms with Crippen molar-refractivity contribution in [3.63, 3.8) is 0 Å². The molecular formula is C12H14N2O6. The zero-order chi connectivity index (χ0) is 15.3. The van der Waals surface area contributed by atoms with Gasteiger partial charge in [0.1, 0.15) is 11.6 Å². The number of amides is 1. The summed E-state index contributed by atoms with van der Waals surface area (Å²) in [6, 6.07) is -0.152. The highest BCUT2D eigenvalue weighted by Crippen LogP contribution is 2.00. The van der Waals surface area contributed by atoms with E-state index in [4.69, 9.17) is 10.2 Å². The third-order valence-corrected chi connectivity index (χ3v) is 2.55. The number of aryl methyl sites for hydroxylation is 1. The van der Waals surface area contributed by atoms with Gasteiger partial charge in [0, 0.05) is 24.4 Å². The summed E-state index contributed by atoms with van der Waals surface area (Å²) in [7, 11) is 0. The van der Waals surface area contributed by atoms with Crippen LogP contribution in [0.15, 0.2) is 17.1 Å². The van der Waals surface area contributed by atoms with Gasteiger partial charge in [0.25, 0.3) is 5.91 Å². The molecule has 0 aliphatic rings. The monoisotopic (exact) mass is 282 g/mol. The first kappa shape index (κ1) is 15.4. The highest BCUT2D eigenvalue weighted by atomic mass is 16.4. The quantitative estimate of drug-likeness (QED) is 0.567. The number of hydrogen-bond donors (Lipinski definition) is 4. The van der Waals surface area contributed by atoms with Crippen LogP contribution >= 0.6 is 0 Å². The summed E-state index contributed by atoms with van der Waals surface area (Å²) >= 11 is 0. The Hall–Kier alpha value is -2.64. The van der Waals surface area contributed by atoms with Crippen LogP contribution in [-0.2, 0) is 9.59 Å². The van der Waals surface area contributed by atoms with Crippen molar-refractivity contribution in [1.29, 1.82) is 0 Å². The first-order valence-corrected chi connectivity index (χ1v) is 5.76. The zero-order valence-electron chi connectivity index (χ0n) is 10.7. The molecule has 1 atom stereocenters.